The largest absolute Gasteiger partial charge is 0.454 e. The zero-order valence-electron chi connectivity index (χ0n) is 17.7. The fourth-order valence-electron chi connectivity index (χ4n) is 4.17. The molecule has 0 bridgehead atoms. The van der Waals surface area contributed by atoms with Gasteiger partial charge < -0.3 is 24.3 Å². The van der Waals surface area contributed by atoms with Gasteiger partial charge in [0, 0.05) is 43.3 Å². The number of aromatic nitrogens is 5. The predicted octanol–water partition coefficient (Wildman–Crippen LogP) is 0.807. The van der Waals surface area contributed by atoms with Gasteiger partial charge in [-0.2, -0.15) is 0 Å². The van der Waals surface area contributed by atoms with Crippen LogP contribution < -0.4 is 15.0 Å². The molecule has 2 aliphatic rings. The number of H-pyrrole nitrogens is 1. The van der Waals surface area contributed by atoms with Gasteiger partial charge in [-0.15, -0.1) is 5.10 Å². The average molecular weight is 442 g/mol. The van der Waals surface area contributed by atoms with Gasteiger partial charge in [0.25, 0.3) is 5.56 Å². The molecule has 170 valence electrons. The van der Waals surface area contributed by atoms with E-state index in [2.05, 4.69) is 25.4 Å². The highest BCUT2D eigenvalue weighted by molar-refractivity contribution is 5.83. The normalized spacial score (nSPS) is 17.6. The lowest BCUT2D eigenvalue weighted by Crippen LogP contribution is -2.30. The second-order valence-corrected chi connectivity index (χ2v) is 8.12. The van der Waals surface area contributed by atoms with Crippen molar-refractivity contribution in [2.45, 2.75) is 45.0 Å². The van der Waals surface area contributed by atoms with Gasteiger partial charge in [0.15, 0.2) is 17.3 Å². The molecule has 2 N–H and O–H groups in total. The summed E-state index contributed by atoms with van der Waals surface area (Å²) < 4.78 is 18.3. The van der Waals surface area contributed by atoms with Crippen LogP contribution in [0, 0.1) is 0 Å². The third-order valence-electron chi connectivity index (χ3n) is 5.81. The van der Waals surface area contributed by atoms with E-state index in [4.69, 9.17) is 14.2 Å². The molecule has 32 heavy (non-hydrogen) atoms. The molecule has 4 heterocycles. The average Bonchev–Trinajstić information content (AvgIpc) is 3.54. The minimum atomic E-state index is -0.163. The molecule has 1 aromatic carbocycles. The van der Waals surface area contributed by atoms with Crippen LogP contribution in [0.15, 0.2) is 23.0 Å². The van der Waals surface area contributed by atoms with Crippen molar-refractivity contribution in [1.29, 1.82) is 0 Å². The van der Waals surface area contributed by atoms with Gasteiger partial charge in [-0.1, -0.05) is 0 Å². The number of tetrazole rings is 1. The van der Waals surface area contributed by atoms with Crippen molar-refractivity contribution in [1.82, 2.24) is 30.1 Å². The van der Waals surface area contributed by atoms with Crippen molar-refractivity contribution >= 4 is 10.9 Å². The molecule has 1 fully saturated rings. The van der Waals surface area contributed by atoms with Crippen LogP contribution in [-0.2, 0) is 24.4 Å². The molecular weight excluding hydrogens is 416 g/mol. The van der Waals surface area contributed by atoms with E-state index in [1.54, 1.807) is 10.7 Å². The maximum absolute atomic E-state index is 12.8. The highest BCUT2D eigenvalue weighted by Crippen LogP contribution is 2.35. The van der Waals surface area contributed by atoms with Crippen LogP contribution in [0.1, 0.15) is 30.7 Å². The van der Waals surface area contributed by atoms with E-state index < -0.39 is 0 Å². The van der Waals surface area contributed by atoms with Gasteiger partial charge in [0.05, 0.1) is 24.7 Å². The van der Waals surface area contributed by atoms with E-state index in [-0.39, 0.29) is 25.1 Å². The summed E-state index contributed by atoms with van der Waals surface area (Å²) >= 11 is 0. The fourth-order valence-corrected chi connectivity index (χ4v) is 4.17. The minimum Gasteiger partial charge on any atom is -0.454 e. The van der Waals surface area contributed by atoms with Gasteiger partial charge in [0.2, 0.25) is 6.79 Å². The molecule has 2 aliphatic heterocycles. The van der Waals surface area contributed by atoms with Crippen molar-refractivity contribution < 1.29 is 19.3 Å². The van der Waals surface area contributed by atoms with Crippen molar-refractivity contribution in [2.24, 2.45) is 0 Å². The van der Waals surface area contributed by atoms with Crippen molar-refractivity contribution in [3.63, 3.8) is 0 Å². The molecule has 0 aliphatic carbocycles. The third-order valence-corrected chi connectivity index (χ3v) is 5.81. The summed E-state index contributed by atoms with van der Waals surface area (Å²) in [7, 11) is 0. The summed E-state index contributed by atoms with van der Waals surface area (Å²) in [6.45, 7) is 3.08. The van der Waals surface area contributed by atoms with E-state index in [0.717, 1.165) is 24.8 Å². The highest BCUT2D eigenvalue weighted by Gasteiger charge is 2.21. The third kappa shape index (κ3) is 4.45. The van der Waals surface area contributed by atoms with E-state index >= 15 is 0 Å². The first-order valence-electron chi connectivity index (χ1n) is 10.8. The van der Waals surface area contributed by atoms with Crippen LogP contribution >= 0.6 is 0 Å². The molecule has 1 saturated heterocycles. The Bertz CT molecular complexity index is 1140. The van der Waals surface area contributed by atoms with Crippen LogP contribution in [-0.4, -0.2) is 67.9 Å². The molecule has 2 aromatic heterocycles. The lowest BCUT2D eigenvalue weighted by atomic mass is 10.1. The molecule has 11 heteroatoms. The molecule has 0 spiro atoms. The molecule has 5 rings (SSSR count). The first kappa shape index (κ1) is 20.9. The SMILES string of the molecule is O=c1[nH]c2cc3c(cc2cc1CN(CCCO)Cc1nnnn1C[C@H]1CCCO1)OCO3. The number of hydrogen-bond donors (Lipinski definition) is 2. The van der Waals surface area contributed by atoms with Gasteiger partial charge in [-0.3, -0.25) is 9.69 Å². The van der Waals surface area contributed by atoms with Crippen LogP contribution in [0.5, 0.6) is 11.5 Å². The Morgan fingerprint density at radius 3 is 2.91 bits per heavy atom. The number of aliphatic hydroxyl groups excluding tert-OH is 1. The van der Waals surface area contributed by atoms with Crippen LogP contribution in [0.25, 0.3) is 10.9 Å². The number of fused-ring (bicyclic) bond motifs is 2. The summed E-state index contributed by atoms with van der Waals surface area (Å²) in [6, 6.07) is 5.53. The molecule has 11 nitrogen and oxygen atoms in total. The Labute approximate surface area is 183 Å². The zero-order chi connectivity index (χ0) is 21.9. The fraction of sp³-hybridized carbons (Fsp3) is 0.524. The van der Waals surface area contributed by atoms with Crippen LogP contribution in [0.3, 0.4) is 0 Å². The summed E-state index contributed by atoms with van der Waals surface area (Å²) in [5.41, 5.74) is 1.15. The molecular formula is C21H26N6O5. The molecule has 0 unspecified atom stereocenters. The number of aromatic amines is 1. The molecule has 1 atom stereocenters. The predicted molar refractivity (Wildman–Crippen MR) is 113 cm³/mol. The quantitative estimate of drug-likeness (QED) is 0.495. The van der Waals surface area contributed by atoms with Crippen molar-refractivity contribution in [3.8, 4) is 11.5 Å². The number of rotatable bonds is 9. The summed E-state index contributed by atoms with van der Waals surface area (Å²) in [5, 5.41) is 22.4. The topological polar surface area (TPSA) is 128 Å². The Morgan fingerprint density at radius 1 is 1.22 bits per heavy atom. The highest BCUT2D eigenvalue weighted by atomic mass is 16.7. The number of hydrogen-bond acceptors (Lipinski definition) is 9. The number of pyridine rings is 1. The van der Waals surface area contributed by atoms with Crippen LogP contribution in [0.2, 0.25) is 0 Å². The smallest absolute Gasteiger partial charge is 0.252 e. The number of benzene rings is 1. The number of aliphatic hydroxyl groups is 1. The second kappa shape index (κ2) is 9.23. The summed E-state index contributed by atoms with van der Waals surface area (Å²) in [4.78, 5) is 17.8. The van der Waals surface area contributed by atoms with E-state index in [0.29, 0.717) is 61.0 Å². The number of ether oxygens (including phenoxy) is 3. The lowest BCUT2D eigenvalue weighted by Gasteiger charge is -2.21. The lowest BCUT2D eigenvalue weighted by molar-refractivity contribution is 0.0915. The monoisotopic (exact) mass is 442 g/mol. The second-order valence-electron chi connectivity index (χ2n) is 8.12. The van der Waals surface area contributed by atoms with E-state index in [1.165, 1.54) is 0 Å². The molecule has 3 aromatic rings. The molecule has 0 radical (unpaired) electrons. The Kier molecular flexibility index (Phi) is 6.02. The maximum atomic E-state index is 12.8. The zero-order valence-corrected chi connectivity index (χ0v) is 17.7. The first-order valence-corrected chi connectivity index (χ1v) is 10.8. The van der Waals surface area contributed by atoms with Gasteiger partial charge in [0.1, 0.15) is 0 Å². The standard InChI is InChI=1S/C21H26N6O5/c28-5-2-4-26(12-20-23-24-25-27(20)11-16-3-1-6-30-16)10-15-7-14-8-18-19(32-13-31-18)9-17(14)22-21(15)29/h7-9,16,28H,1-6,10-13H2,(H,22,29)/t16-/m1/s1. The van der Waals surface area contributed by atoms with Gasteiger partial charge >= 0.3 is 0 Å². The van der Waals surface area contributed by atoms with E-state index in [9.17, 15) is 9.90 Å². The van der Waals surface area contributed by atoms with Crippen molar-refractivity contribution in [2.75, 3.05) is 26.6 Å². The van der Waals surface area contributed by atoms with Crippen LogP contribution in [0.4, 0.5) is 0 Å². The van der Waals surface area contributed by atoms with E-state index in [1.807, 2.05) is 12.1 Å². The maximum Gasteiger partial charge on any atom is 0.252 e. The Hall–Kier alpha value is -3.02. The number of nitrogens with zero attached hydrogens (tertiary/aromatic N) is 5. The van der Waals surface area contributed by atoms with Crippen molar-refractivity contribution in [3.05, 3.63) is 39.9 Å². The first-order chi connectivity index (χ1) is 15.7. The van der Waals surface area contributed by atoms with Gasteiger partial charge in [-0.05, 0) is 41.8 Å². The Morgan fingerprint density at radius 2 is 2.09 bits per heavy atom. The number of nitrogens with one attached hydrogen (secondary N) is 1. The summed E-state index contributed by atoms with van der Waals surface area (Å²) in [6.07, 6.45) is 2.76. The van der Waals surface area contributed by atoms with Gasteiger partial charge in [-0.25, -0.2) is 4.68 Å². The molecule has 0 amide bonds. The minimum absolute atomic E-state index is 0.0644. The summed E-state index contributed by atoms with van der Waals surface area (Å²) in [5.74, 6) is 2.00. The Balaban J connectivity index is 1.36. The molecule has 0 saturated carbocycles.